The van der Waals surface area contributed by atoms with E-state index in [1.165, 1.54) is 37.0 Å². The maximum Gasteiger partial charge on any atom is 0.573 e. The number of hydrogen-bond acceptors (Lipinski definition) is 8. The van der Waals surface area contributed by atoms with Crippen molar-refractivity contribution in [3.05, 3.63) is 78.6 Å². The molecule has 2 aromatic carbocycles. The van der Waals surface area contributed by atoms with Gasteiger partial charge in [0.05, 0.1) is 45.3 Å². The van der Waals surface area contributed by atoms with Crippen LogP contribution in [0.4, 0.5) is 24.7 Å². The number of nitrogens with zero attached hydrogens (tertiary/aromatic N) is 2. The van der Waals surface area contributed by atoms with Gasteiger partial charge in [0.2, 0.25) is 0 Å². The number of nitrogens with one attached hydrogen (secondary N) is 2. The molecule has 9 nitrogen and oxygen atoms in total. The predicted octanol–water partition coefficient (Wildman–Crippen LogP) is 5.39. The van der Waals surface area contributed by atoms with Crippen molar-refractivity contribution in [3.63, 3.8) is 0 Å². The molecular formula is C31H33F3N4O5. The molecule has 1 saturated carbocycles. The molecule has 228 valence electrons. The lowest BCUT2D eigenvalue weighted by Gasteiger charge is -2.47. The molecule has 1 fully saturated rings. The van der Waals surface area contributed by atoms with E-state index in [1.54, 1.807) is 24.3 Å². The Morgan fingerprint density at radius 2 is 1.67 bits per heavy atom. The van der Waals surface area contributed by atoms with Gasteiger partial charge in [0, 0.05) is 29.4 Å². The summed E-state index contributed by atoms with van der Waals surface area (Å²) < 4.78 is 57.8. The zero-order valence-electron chi connectivity index (χ0n) is 23.4. The number of anilines is 2. The first kappa shape index (κ1) is 30.5. The maximum atomic E-state index is 12.7. The number of aromatic nitrogens is 2. The Morgan fingerprint density at radius 1 is 0.907 bits per heavy atom. The van der Waals surface area contributed by atoms with Crippen LogP contribution in [0.3, 0.4) is 0 Å². The van der Waals surface area contributed by atoms with Crippen LogP contribution in [0.15, 0.2) is 73.1 Å². The third kappa shape index (κ3) is 8.99. The fourth-order valence-electron chi connectivity index (χ4n) is 4.93. The number of alkyl halides is 3. The van der Waals surface area contributed by atoms with E-state index in [0.717, 1.165) is 18.4 Å². The molecule has 0 spiro atoms. The van der Waals surface area contributed by atoms with E-state index in [1.807, 2.05) is 6.07 Å². The summed E-state index contributed by atoms with van der Waals surface area (Å²) >= 11 is 0. The van der Waals surface area contributed by atoms with Gasteiger partial charge in [-0.25, -0.2) is 9.97 Å². The third-order valence-corrected chi connectivity index (χ3v) is 7.25. The van der Waals surface area contributed by atoms with Gasteiger partial charge in [0.1, 0.15) is 17.9 Å². The van der Waals surface area contributed by atoms with Crippen molar-refractivity contribution in [1.82, 2.24) is 15.3 Å². The fraction of sp³-hybridized carbons (Fsp3) is 0.387. The van der Waals surface area contributed by atoms with Gasteiger partial charge in [0.25, 0.3) is 5.91 Å². The van der Waals surface area contributed by atoms with Gasteiger partial charge in [-0.3, -0.25) is 4.79 Å². The van der Waals surface area contributed by atoms with E-state index in [0.29, 0.717) is 73.8 Å². The highest BCUT2D eigenvalue weighted by atomic mass is 19.4. The summed E-state index contributed by atoms with van der Waals surface area (Å²) in [5.74, 6) is 2.07. The number of carbonyl (C=O) groups excluding carboxylic acids is 1. The topological polar surface area (TPSA) is 104 Å². The van der Waals surface area contributed by atoms with Gasteiger partial charge in [-0.1, -0.05) is 24.3 Å². The van der Waals surface area contributed by atoms with Crippen molar-refractivity contribution in [2.24, 2.45) is 17.8 Å². The van der Waals surface area contributed by atoms with Crippen LogP contribution < -0.4 is 15.4 Å². The minimum atomic E-state index is -4.76. The smallest absolute Gasteiger partial charge is 0.406 e. The van der Waals surface area contributed by atoms with Crippen LogP contribution in [0.2, 0.25) is 0 Å². The molecule has 3 unspecified atom stereocenters. The number of amides is 1. The van der Waals surface area contributed by atoms with Crippen LogP contribution in [-0.2, 0) is 14.2 Å². The first-order valence-corrected chi connectivity index (χ1v) is 14.1. The third-order valence-electron chi connectivity index (χ3n) is 7.25. The van der Waals surface area contributed by atoms with Crippen molar-refractivity contribution >= 4 is 17.4 Å². The molecule has 2 N–H and O–H groups in total. The monoisotopic (exact) mass is 598 g/mol. The molecule has 5 rings (SSSR count). The molecule has 0 bridgehead atoms. The van der Waals surface area contributed by atoms with E-state index in [9.17, 15) is 18.0 Å². The second-order valence-electron chi connectivity index (χ2n) is 10.2. The first-order valence-electron chi connectivity index (χ1n) is 14.1. The second-order valence-corrected chi connectivity index (χ2v) is 10.2. The molecule has 0 radical (unpaired) electrons. The Labute approximate surface area is 247 Å². The minimum absolute atomic E-state index is 0.248. The van der Waals surface area contributed by atoms with Crippen LogP contribution in [0.25, 0.3) is 11.3 Å². The molecule has 1 aromatic heterocycles. The average Bonchev–Trinajstić information content (AvgIpc) is 2.98. The Balaban J connectivity index is 0.984. The van der Waals surface area contributed by atoms with Crippen LogP contribution in [0, 0.1) is 17.8 Å². The van der Waals surface area contributed by atoms with Crippen LogP contribution in [0.5, 0.6) is 5.75 Å². The number of hydrogen-bond donors (Lipinski definition) is 2. The standard InChI is InChI=1S/C31H33F3N4O5/c32-31(33,34)43-26-7-5-25(6-8-26)38-29-18-28(36-20-37-29)22-2-1-3-23(17-22)30(39)35-10-11-40-12-13-41-14-15-42-19-24-16-21-4-9-27(21)24/h1-9,17-18,20-21,24,27H,10-16,19H2,(H,35,39)(H,36,37,38). The van der Waals surface area contributed by atoms with Gasteiger partial charge in [-0.2, -0.15) is 0 Å². The Kier molecular flexibility index (Phi) is 10.2. The second kappa shape index (κ2) is 14.5. The lowest BCUT2D eigenvalue weighted by atomic mass is 9.59. The van der Waals surface area contributed by atoms with Crippen molar-refractivity contribution < 1.29 is 36.9 Å². The largest absolute Gasteiger partial charge is 0.573 e. The van der Waals surface area contributed by atoms with Crippen LogP contribution in [-0.4, -0.2) is 68.4 Å². The Morgan fingerprint density at radius 3 is 2.37 bits per heavy atom. The van der Waals surface area contributed by atoms with E-state index in [4.69, 9.17) is 14.2 Å². The number of fused-ring (bicyclic) bond motifs is 1. The first-order chi connectivity index (χ1) is 20.8. The van der Waals surface area contributed by atoms with Gasteiger partial charge in [-0.15, -0.1) is 13.2 Å². The van der Waals surface area contributed by atoms with Gasteiger partial charge < -0.3 is 29.6 Å². The van der Waals surface area contributed by atoms with Gasteiger partial charge >= 0.3 is 6.36 Å². The van der Waals surface area contributed by atoms with E-state index in [2.05, 4.69) is 37.5 Å². The Hall–Kier alpha value is -4.00. The highest BCUT2D eigenvalue weighted by Crippen LogP contribution is 2.48. The quantitative estimate of drug-likeness (QED) is 0.167. The highest BCUT2D eigenvalue weighted by molar-refractivity contribution is 5.95. The van der Waals surface area contributed by atoms with Gasteiger partial charge in [0.15, 0.2) is 0 Å². The molecule has 0 saturated heterocycles. The summed E-state index contributed by atoms with van der Waals surface area (Å²) in [5.41, 5.74) is 2.23. The Bertz CT molecular complexity index is 1390. The SMILES string of the molecule is O=C(NCCOCCOCCOCC1CC2C=CC21)c1cccc(-c2cc(Nc3ccc(OC(F)(F)F)cc3)ncn2)c1. The minimum Gasteiger partial charge on any atom is -0.406 e. The van der Waals surface area contributed by atoms with Crippen molar-refractivity contribution in [1.29, 1.82) is 0 Å². The number of carbonyl (C=O) groups is 1. The van der Waals surface area contributed by atoms with E-state index in [-0.39, 0.29) is 11.7 Å². The lowest BCUT2D eigenvalue weighted by Crippen LogP contribution is -2.42. The molecular weight excluding hydrogens is 565 g/mol. The summed E-state index contributed by atoms with van der Waals surface area (Å²) in [5, 5.41) is 5.85. The van der Waals surface area contributed by atoms with Crippen LogP contribution >= 0.6 is 0 Å². The summed E-state index contributed by atoms with van der Waals surface area (Å²) in [4.78, 5) is 21.1. The predicted molar refractivity (Wildman–Crippen MR) is 153 cm³/mol. The molecule has 3 aromatic rings. The summed E-state index contributed by atoms with van der Waals surface area (Å²) in [6, 6.07) is 13.9. The molecule has 1 heterocycles. The summed E-state index contributed by atoms with van der Waals surface area (Å²) in [7, 11) is 0. The zero-order chi connectivity index (χ0) is 30.1. The maximum absolute atomic E-state index is 12.7. The highest BCUT2D eigenvalue weighted by Gasteiger charge is 2.42. The number of rotatable bonds is 16. The lowest BCUT2D eigenvalue weighted by molar-refractivity contribution is -0.274. The van der Waals surface area contributed by atoms with Gasteiger partial charge in [-0.05, 0) is 60.6 Å². The van der Waals surface area contributed by atoms with E-state index < -0.39 is 6.36 Å². The summed E-state index contributed by atoms with van der Waals surface area (Å²) in [6.45, 7) is 3.51. The van der Waals surface area contributed by atoms with E-state index >= 15 is 0 Å². The molecule has 2 aliphatic carbocycles. The molecule has 3 atom stereocenters. The number of halogens is 3. The molecule has 2 aliphatic rings. The number of ether oxygens (including phenoxy) is 4. The molecule has 1 amide bonds. The number of benzene rings is 2. The summed E-state index contributed by atoms with van der Waals surface area (Å²) in [6.07, 6.45) is 2.40. The normalized spacial score (nSPS) is 18.7. The average molecular weight is 599 g/mol. The molecule has 12 heteroatoms. The number of allylic oxidation sites excluding steroid dienone is 2. The fourth-order valence-corrected chi connectivity index (χ4v) is 4.93. The van der Waals surface area contributed by atoms with Crippen molar-refractivity contribution in [3.8, 4) is 17.0 Å². The molecule has 43 heavy (non-hydrogen) atoms. The molecule has 0 aliphatic heterocycles. The van der Waals surface area contributed by atoms with Crippen molar-refractivity contribution in [2.75, 3.05) is 51.5 Å². The zero-order valence-corrected chi connectivity index (χ0v) is 23.4. The van der Waals surface area contributed by atoms with Crippen molar-refractivity contribution in [2.45, 2.75) is 12.8 Å². The van der Waals surface area contributed by atoms with Crippen LogP contribution in [0.1, 0.15) is 16.8 Å².